The molecule has 0 bridgehead atoms. The van der Waals surface area contributed by atoms with Crippen molar-refractivity contribution in [3.63, 3.8) is 0 Å². The number of benzene rings is 1. The summed E-state index contributed by atoms with van der Waals surface area (Å²) < 4.78 is 11.1. The zero-order chi connectivity index (χ0) is 14.4. The third-order valence-corrected chi connectivity index (χ3v) is 3.46. The molecule has 108 valence electrons. The molecule has 1 aromatic heterocycles. The summed E-state index contributed by atoms with van der Waals surface area (Å²) in [5.74, 6) is 1.71. The highest BCUT2D eigenvalue weighted by Crippen LogP contribution is 2.25. The average molecular weight is 292 g/mol. The number of thiazole rings is 1. The van der Waals surface area contributed by atoms with Crippen LogP contribution >= 0.6 is 11.3 Å². The number of methoxy groups -OCH3 is 1. The van der Waals surface area contributed by atoms with Crippen molar-refractivity contribution >= 4 is 11.3 Å². The zero-order valence-corrected chi connectivity index (χ0v) is 12.9. The molecule has 2 rings (SSSR count). The molecule has 0 fully saturated rings. The van der Waals surface area contributed by atoms with Crippen molar-refractivity contribution in [1.29, 1.82) is 0 Å². The molecule has 0 aliphatic carbocycles. The van der Waals surface area contributed by atoms with Crippen LogP contribution in [0, 0.1) is 0 Å². The summed E-state index contributed by atoms with van der Waals surface area (Å²) in [6.45, 7) is 5.48. The fourth-order valence-electron chi connectivity index (χ4n) is 1.74. The van der Waals surface area contributed by atoms with Crippen LogP contribution in [-0.4, -0.2) is 18.1 Å². The molecule has 5 heteroatoms. The minimum absolute atomic E-state index is 0.424. The molecule has 1 N–H and O–H groups in total. The Balaban J connectivity index is 2.08. The first-order valence-electron chi connectivity index (χ1n) is 6.59. The molecular weight excluding hydrogens is 272 g/mol. The van der Waals surface area contributed by atoms with Gasteiger partial charge in [-0.1, -0.05) is 13.8 Å². The molecule has 2 aromatic rings. The second-order valence-electron chi connectivity index (χ2n) is 4.78. The number of hydrogen-bond donors (Lipinski definition) is 1. The largest absolute Gasteiger partial charge is 0.497 e. The summed E-state index contributed by atoms with van der Waals surface area (Å²) in [7, 11) is 1.67. The Bertz CT molecular complexity index is 527. The smallest absolute Gasteiger partial charge is 0.131 e. The van der Waals surface area contributed by atoms with E-state index < -0.39 is 0 Å². The van der Waals surface area contributed by atoms with Gasteiger partial charge in [-0.3, -0.25) is 0 Å². The van der Waals surface area contributed by atoms with Gasteiger partial charge in [0, 0.05) is 23.5 Å². The van der Waals surface area contributed by atoms with E-state index in [2.05, 4.69) is 24.1 Å². The van der Waals surface area contributed by atoms with Crippen molar-refractivity contribution in [3.05, 3.63) is 40.3 Å². The maximum atomic E-state index is 5.86. The molecule has 0 aliphatic heterocycles. The van der Waals surface area contributed by atoms with Gasteiger partial charge in [-0.25, -0.2) is 4.98 Å². The topological polar surface area (TPSA) is 43.4 Å². The van der Waals surface area contributed by atoms with E-state index in [4.69, 9.17) is 9.47 Å². The van der Waals surface area contributed by atoms with Gasteiger partial charge in [-0.05, 0) is 18.2 Å². The standard InChI is InChI=1S/C15H20N2O2S/c1-11(2)16-7-12-6-14(18-3)4-5-15(12)19-8-13-9-20-10-17-13/h4-6,9-11,16H,7-8H2,1-3H3. The lowest BCUT2D eigenvalue weighted by Crippen LogP contribution is -2.22. The van der Waals surface area contributed by atoms with Crippen LogP contribution in [0.5, 0.6) is 11.5 Å². The average Bonchev–Trinajstić information content (AvgIpc) is 2.96. The monoisotopic (exact) mass is 292 g/mol. The summed E-state index contributed by atoms with van der Waals surface area (Å²) in [6, 6.07) is 6.29. The molecule has 0 atom stereocenters. The first-order chi connectivity index (χ1) is 9.69. The van der Waals surface area contributed by atoms with E-state index in [0.29, 0.717) is 12.6 Å². The van der Waals surface area contributed by atoms with Gasteiger partial charge >= 0.3 is 0 Å². The van der Waals surface area contributed by atoms with Crippen molar-refractivity contribution in [3.8, 4) is 11.5 Å². The molecule has 0 aliphatic rings. The highest BCUT2D eigenvalue weighted by Gasteiger charge is 2.07. The minimum Gasteiger partial charge on any atom is -0.497 e. The summed E-state index contributed by atoms with van der Waals surface area (Å²) >= 11 is 1.58. The number of nitrogens with zero attached hydrogens (tertiary/aromatic N) is 1. The Hall–Kier alpha value is -1.59. The first-order valence-corrected chi connectivity index (χ1v) is 7.53. The predicted octanol–water partition coefficient (Wildman–Crippen LogP) is 3.23. The van der Waals surface area contributed by atoms with Gasteiger partial charge in [-0.15, -0.1) is 11.3 Å². The van der Waals surface area contributed by atoms with Crippen molar-refractivity contribution in [2.24, 2.45) is 0 Å². The normalized spacial score (nSPS) is 10.8. The van der Waals surface area contributed by atoms with Gasteiger partial charge < -0.3 is 14.8 Å². The Morgan fingerprint density at radius 3 is 2.85 bits per heavy atom. The fourth-order valence-corrected chi connectivity index (χ4v) is 2.28. The summed E-state index contributed by atoms with van der Waals surface area (Å²) in [4.78, 5) is 4.22. The highest BCUT2D eigenvalue weighted by atomic mass is 32.1. The van der Waals surface area contributed by atoms with Gasteiger partial charge in [-0.2, -0.15) is 0 Å². The van der Waals surface area contributed by atoms with Gasteiger partial charge in [0.1, 0.15) is 18.1 Å². The van der Waals surface area contributed by atoms with Gasteiger partial charge in [0.05, 0.1) is 18.3 Å². The second kappa shape index (κ2) is 7.26. The molecule has 1 heterocycles. The van der Waals surface area contributed by atoms with E-state index in [1.807, 2.05) is 29.1 Å². The molecule has 0 saturated carbocycles. The second-order valence-corrected chi connectivity index (χ2v) is 5.50. The van der Waals surface area contributed by atoms with E-state index in [1.54, 1.807) is 18.4 Å². The molecule has 20 heavy (non-hydrogen) atoms. The Morgan fingerprint density at radius 2 is 2.20 bits per heavy atom. The number of aromatic nitrogens is 1. The lowest BCUT2D eigenvalue weighted by Gasteiger charge is -2.14. The Morgan fingerprint density at radius 1 is 1.35 bits per heavy atom. The highest BCUT2D eigenvalue weighted by molar-refractivity contribution is 7.07. The maximum absolute atomic E-state index is 5.86. The van der Waals surface area contributed by atoms with Crippen LogP contribution in [0.1, 0.15) is 25.1 Å². The van der Waals surface area contributed by atoms with Crippen LogP contribution < -0.4 is 14.8 Å². The summed E-state index contributed by atoms with van der Waals surface area (Å²) in [6.07, 6.45) is 0. The maximum Gasteiger partial charge on any atom is 0.131 e. The zero-order valence-electron chi connectivity index (χ0n) is 12.1. The quantitative estimate of drug-likeness (QED) is 0.851. The molecule has 0 saturated heterocycles. The number of rotatable bonds is 7. The molecule has 0 amide bonds. The third kappa shape index (κ3) is 4.21. The van der Waals surface area contributed by atoms with Crippen LogP contribution in [0.4, 0.5) is 0 Å². The Kier molecular flexibility index (Phi) is 5.38. The lowest BCUT2D eigenvalue weighted by atomic mass is 10.1. The SMILES string of the molecule is COc1ccc(OCc2cscn2)c(CNC(C)C)c1. The predicted molar refractivity (Wildman–Crippen MR) is 81.4 cm³/mol. The van der Waals surface area contributed by atoms with E-state index in [1.165, 1.54) is 0 Å². The molecule has 4 nitrogen and oxygen atoms in total. The first kappa shape index (κ1) is 14.8. The number of hydrogen-bond acceptors (Lipinski definition) is 5. The number of nitrogens with one attached hydrogen (secondary N) is 1. The van der Waals surface area contributed by atoms with Gasteiger partial charge in [0.2, 0.25) is 0 Å². The lowest BCUT2D eigenvalue weighted by molar-refractivity contribution is 0.297. The van der Waals surface area contributed by atoms with E-state index in [9.17, 15) is 0 Å². The van der Waals surface area contributed by atoms with Crippen LogP contribution in [-0.2, 0) is 13.2 Å². The third-order valence-electron chi connectivity index (χ3n) is 2.83. The van der Waals surface area contributed by atoms with Gasteiger partial charge in [0.15, 0.2) is 0 Å². The molecule has 0 unspecified atom stereocenters. The number of ether oxygens (including phenoxy) is 2. The van der Waals surface area contributed by atoms with Crippen LogP contribution in [0.2, 0.25) is 0 Å². The molecule has 0 radical (unpaired) electrons. The fraction of sp³-hybridized carbons (Fsp3) is 0.400. The molecule has 1 aromatic carbocycles. The summed E-state index contributed by atoms with van der Waals surface area (Å²) in [5, 5.41) is 5.39. The minimum atomic E-state index is 0.424. The van der Waals surface area contributed by atoms with Crippen LogP contribution in [0.25, 0.3) is 0 Å². The Labute approximate surface area is 123 Å². The molecular formula is C15H20N2O2S. The van der Waals surface area contributed by atoms with E-state index in [0.717, 1.165) is 29.3 Å². The van der Waals surface area contributed by atoms with E-state index in [-0.39, 0.29) is 0 Å². The van der Waals surface area contributed by atoms with E-state index >= 15 is 0 Å². The van der Waals surface area contributed by atoms with Gasteiger partial charge in [0.25, 0.3) is 0 Å². The van der Waals surface area contributed by atoms with Crippen molar-refractivity contribution in [2.45, 2.75) is 33.0 Å². The summed E-state index contributed by atoms with van der Waals surface area (Å²) in [5.41, 5.74) is 3.86. The van der Waals surface area contributed by atoms with Crippen molar-refractivity contribution in [2.75, 3.05) is 7.11 Å². The van der Waals surface area contributed by atoms with Crippen molar-refractivity contribution < 1.29 is 9.47 Å². The van der Waals surface area contributed by atoms with Crippen LogP contribution in [0.15, 0.2) is 29.1 Å². The van der Waals surface area contributed by atoms with Crippen molar-refractivity contribution in [1.82, 2.24) is 10.3 Å². The van der Waals surface area contributed by atoms with Crippen LogP contribution in [0.3, 0.4) is 0 Å². The molecule has 0 spiro atoms.